The van der Waals surface area contributed by atoms with Gasteiger partial charge >= 0.3 is 11.7 Å². The summed E-state index contributed by atoms with van der Waals surface area (Å²) in [4.78, 5) is 21.3. The zero-order chi connectivity index (χ0) is 19.1. The fourth-order valence-corrected chi connectivity index (χ4v) is 2.23. The molecule has 0 saturated heterocycles. The largest absolute Gasteiger partial charge is 0.496 e. The molecule has 0 bridgehead atoms. The van der Waals surface area contributed by atoms with Gasteiger partial charge in [-0.1, -0.05) is 6.07 Å². The zero-order valence-electron chi connectivity index (χ0n) is 14.2. The predicted molar refractivity (Wildman–Crippen MR) is 93.6 cm³/mol. The standard InChI is InChI=1S/C18H17NO7/c1-24-14-5-7-17(15(10-14)19(22)23)26-11-13-9-12(4-8-18(20)21)3-6-16(13)25-2/h3-10H,11H2,1-2H3,(H,20,21). The van der Waals surface area contributed by atoms with Crippen molar-refractivity contribution in [3.8, 4) is 17.2 Å². The molecule has 0 spiro atoms. The van der Waals surface area contributed by atoms with Crippen LogP contribution in [0.1, 0.15) is 11.1 Å². The van der Waals surface area contributed by atoms with Gasteiger partial charge in [-0.25, -0.2) is 4.79 Å². The van der Waals surface area contributed by atoms with Gasteiger partial charge in [0.1, 0.15) is 18.1 Å². The quantitative estimate of drug-likeness (QED) is 0.438. The molecule has 8 nitrogen and oxygen atoms in total. The van der Waals surface area contributed by atoms with Gasteiger partial charge in [-0.3, -0.25) is 10.1 Å². The minimum atomic E-state index is -1.06. The van der Waals surface area contributed by atoms with Crippen LogP contribution in [-0.2, 0) is 11.4 Å². The summed E-state index contributed by atoms with van der Waals surface area (Å²) in [7, 11) is 2.90. The predicted octanol–water partition coefficient (Wildman–Crippen LogP) is 3.29. The molecule has 2 rings (SSSR count). The molecule has 0 fully saturated rings. The molecule has 0 saturated carbocycles. The van der Waals surface area contributed by atoms with Crippen molar-refractivity contribution >= 4 is 17.7 Å². The summed E-state index contributed by atoms with van der Waals surface area (Å²) in [6.07, 6.45) is 2.45. The third-order valence-electron chi connectivity index (χ3n) is 3.47. The maximum absolute atomic E-state index is 11.2. The average molecular weight is 359 g/mol. The summed E-state index contributed by atoms with van der Waals surface area (Å²) in [5.74, 6) is -0.104. The summed E-state index contributed by atoms with van der Waals surface area (Å²) in [5.41, 5.74) is 1.03. The van der Waals surface area contributed by atoms with Crippen molar-refractivity contribution in [3.63, 3.8) is 0 Å². The second kappa shape index (κ2) is 8.52. The smallest absolute Gasteiger partial charge is 0.328 e. The fourth-order valence-electron chi connectivity index (χ4n) is 2.23. The molecule has 2 aromatic carbocycles. The van der Waals surface area contributed by atoms with Gasteiger partial charge in [-0.15, -0.1) is 0 Å². The van der Waals surface area contributed by atoms with E-state index in [1.165, 1.54) is 32.4 Å². The normalized spacial score (nSPS) is 10.5. The van der Waals surface area contributed by atoms with E-state index in [9.17, 15) is 14.9 Å². The minimum Gasteiger partial charge on any atom is -0.496 e. The van der Waals surface area contributed by atoms with Crippen LogP contribution in [0.2, 0.25) is 0 Å². The molecule has 0 radical (unpaired) electrons. The van der Waals surface area contributed by atoms with Crippen molar-refractivity contribution in [2.75, 3.05) is 14.2 Å². The van der Waals surface area contributed by atoms with E-state index in [0.717, 1.165) is 6.08 Å². The number of nitrogens with zero attached hydrogens (tertiary/aromatic N) is 1. The highest BCUT2D eigenvalue weighted by Gasteiger charge is 2.17. The van der Waals surface area contributed by atoms with Gasteiger partial charge in [0, 0.05) is 11.6 Å². The Bertz CT molecular complexity index is 845. The lowest BCUT2D eigenvalue weighted by Crippen LogP contribution is -2.02. The number of nitro groups is 1. The topological polar surface area (TPSA) is 108 Å². The summed E-state index contributed by atoms with van der Waals surface area (Å²) in [6, 6.07) is 9.34. The Balaban J connectivity index is 2.27. The summed E-state index contributed by atoms with van der Waals surface area (Å²) in [6.45, 7) is 0.00505. The summed E-state index contributed by atoms with van der Waals surface area (Å²) >= 11 is 0. The minimum absolute atomic E-state index is 0.00505. The van der Waals surface area contributed by atoms with Crippen LogP contribution in [0.4, 0.5) is 5.69 Å². The molecular formula is C18H17NO7. The monoisotopic (exact) mass is 359 g/mol. The Hall–Kier alpha value is -3.55. The van der Waals surface area contributed by atoms with E-state index >= 15 is 0 Å². The third-order valence-corrected chi connectivity index (χ3v) is 3.47. The van der Waals surface area contributed by atoms with Crippen molar-refractivity contribution in [1.82, 2.24) is 0 Å². The van der Waals surface area contributed by atoms with Gasteiger partial charge in [0.25, 0.3) is 0 Å². The van der Waals surface area contributed by atoms with E-state index in [-0.39, 0.29) is 18.0 Å². The fraction of sp³-hybridized carbons (Fsp3) is 0.167. The van der Waals surface area contributed by atoms with Crippen LogP contribution in [0.25, 0.3) is 6.08 Å². The van der Waals surface area contributed by atoms with Crippen molar-refractivity contribution in [2.24, 2.45) is 0 Å². The van der Waals surface area contributed by atoms with E-state index in [1.54, 1.807) is 24.3 Å². The van der Waals surface area contributed by atoms with Crippen LogP contribution in [0.15, 0.2) is 42.5 Å². The Kier molecular flexibility index (Phi) is 6.15. The van der Waals surface area contributed by atoms with Gasteiger partial charge in [0.15, 0.2) is 5.75 Å². The third kappa shape index (κ3) is 4.73. The van der Waals surface area contributed by atoms with Gasteiger partial charge < -0.3 is 19.3 Å². The lowest BCUT2D eigenvalue weighted by Gasteiger charge is -2.12. The molecule has 1 N–H and O–H groups in total. The van der Waals surface area contributed by atoms with E-state index in [0.29, 0.717) is 22.6 Å². The number of nitro benzene ring substituents is 1. The van der Waals surface area contributed by atoms with Crippen LogP contribution in [-0.4, -0.2) is 30.2 Å². The molecule has 136 valence electrons. The number of carboxylic acid groups (broad SMARTS) is 1. The average Bonchev–Trinajstić information content (AvgIpc) is 2.64. The highest BCUT2D eigenvalue weighted by atomic mass is 16.6. The van der Waals surface area contributed by atoms with Crippen LogP contribution >= 0.6 is 0 Å². The van der Waals surface area contributed by atoms with Crippen LogP contribution in [0, 0.1) is 10.1 Å². The molecule has 0 unspecified atom stereocenters. The van der Waals surface area contributed by atoms with Crippen molar-refractivity contribution < 1.29 is 29.0 Å². The molecule has 0 aliphatic rings. The number of aliphatic carboxylic acids is 1. The van der Waals surface area contributed by atoms with Crippen molar-refractivity contribution in [3.05, 3.63) is 63.7 Å². The van der Waals surface area contributed by atoms with Gasteiger partial charge in [-0.2, -0.15) is 0 Å². The number of hydrogen-bond donors (Lipinski definition) is 1. The van der Waals surface area contributed by atoms with Crippen molar-refractivity contribution in [2.45, 2.75) is 6.61 Å². The number of methoxy groups -OCH3 is 2. The van der Waals surface area contributed by atoms with Crippen LogP contribution in [0.3, 0.4) is 0 Å². The van der Waals surface area contributed by atoms with Crippen LogP contribution in [0.5, 0.6) is 17.2 Å². The molecule has 8 heteroatoms. The molecule has 0 heterocycles. The second-order valence-electron chi connectivity index (χ2n) is 5.12. The molecule has 0 atom stereocenters. The molecule has 2 aromatic rings. The SMILES string of the molecule is COc1ccc(OCc2cc(C=CC(=O)O)ccc2OC)c([N+](=O)[O-])c1. The Labute approximate surface area is 149 Å². The molecule has 26 heavy (non-hydrogen) atoms. The van der Waals surface area contributed by atoms with Gasteiger partial charge in [0.2, 0.25) is 0 Å². The number of carboxylic acids is 1. The van der Waals surface area contributed by atoms with E-state index < -0.39 is 10.9 Å². The lowest BCUT2D eigenvalue weighted by molar-refractivity contribution is -0.386. The maximum Gasteiger partial charge on any atom is 0.328 e. The highest BCUT2D eigenvalue weighted by molar-refractivity contribution is 5.85. The number of ether oxygens (including phenoxy) is 3. The molecular weight excluding hydrogens is 342 g/mol. The first-order chi connectivity index (χ1) is 12.4. The first kappa shape index (κ1) is 18.8. The molecule has 0 aliphatic heterocycles. The Morgan fingerprint density at radius 1 is 1.15 bits per heavy atom. The number of carbonyl (C=O) groups is 1. The first-order valence-electron chi connectivity index (χ1n) is 7.47. The Morgan fingerprint density at radius 2 is 1.88 bits per heavy atom. The molecule has 0 aliphatic carbocycles. The number of rotatable bonds is 8. The molecule has 0 aromatic heterocycles. The van der Waals surface area contributed by atoms with Crippen LogP contribution < -0.4 is 14.2 Å². The second-order valence-corrected chi connectivity index (χ2v) is 5.12. The lowest BCUT2D eigenvalue weighted by atomic mass is 10.1. The van der Waals surface area contributed by atoms with E-state index in [4.69, 9.17) is 19.3 Å². The van der Waals surface area contributed by atoms with E-state index in [1.807, 2.05) is 0 Å². The number of hydrogen-bond acceptors (Lipinski definition) is 6. The first-order valence-corrected chi connectivity index (χ1v) is 7.47. The number of benzene rings is 2. The van der Waals surface area contributed by atoms with Gasteiger partial charge in [0.05, 0.1) is 25.2 Å². The maximum atomic E-state index is 11.2. The highest BCUT2D eigenvalue weighted by Crippen LogP contribution is 2.32. The summed E-state index contributed by atoms with van der Waals surface area (Å²) in [5, 5.41) is 19.9. The molecule has 0 amide bonds. The van der Waals surface area contributed by atoms with Gasteiger partial charge in [-0.05, 0) is 35.9 Å². The van der Waals surface area contributed by atoms with E-state index in [2.05, 4.69) is 0 Å². The van der Waals surface area contributed by atoms with Crippen molar-refractivity contribution in [1.29, 1.82) is 0 Å². The Morgan fingerprint density at radius 3 is 2.50 bits per heavy atom. The summed E-state index contributed by atoms with van der Waals surface area (Å²) < 4.78 is 15.8. The zero-order valence-corrected chi connectivity index (χ0v) is 14.2.